The largest absolute Gasteiger partial charge is 0.374 e. The number of nitrogens with two attached hydrogens (primary N) is 1. The van der Waals surface area contributed by atoms with E-state index >= 15 is 0 Å². The van der Waals surface area contributed by atoms with E-state index in [0.29, 0.717) is 6.04 Å². The third-order valence-corrected chi connectivity index (χ3v) is 4.49. The van der Waals surface area contributed by atoms with Crippen LogP contribution in [0.5, 0.6) is 0 Å². The zero-order valence-corrected chi connectivity index (χ0v) is 11.7. The molecule has 0 aliphatic carbocycles. The first-order valence-corrected chi connectivity index (χ1v) is 7.39. The Labute approximate surface area is 115 Å². The molecule has 1 aromatic carbocycles. The number of hydrogen-bond acceptors (Lipinski definition) is 3. The molecule has 2 aliphatic rings. The topological polar surface area (TPSA) is 38.5 Å². The summed E-state index contributed by atoms with van der Waals surface area (Å²) in [5.41, 5.74) is 8.96. The third-order valence-electron chi connectivity index (χ3n) is 4.49. The maximum atomic E-state index is 6.35. The minimum absolute atomic E-state index is 0.101. The van der Waals surface area contributed by atoms with E-state index in [0.717, 1.165) is 19.6 Å². The van der Waals surface area contributed by atoms with Gasteiger partial charge >= 0.3 is 0 Å². The molecule has 0 aromatic heterocycles. The number of morpholine rings is 1. The maximum Gasteiger partial charge on any atom is 0.0856 e. The molecule has 2 fully saturated rings. The van der Waals surface area contributed by atoms with Crippen LogP contribution < -0.4 is 5.73 Å². The summed E-state index contributed by atoms with van der Waals surface area (Å²) in [6.45, 7) is 5.22. The standard InChI is InChI=1S/C16H24N2O/c1-12-4-6-13(7-5-12)9-15(17)16-10-18-8-2-3-14(18)11-19-16/h4-7,14-16H,2-3,8-11,17H2,1H3. The zero-order chi connectivity index (χ0) is 13.2. The Morgan fingerprint density at radius 2 is 2.16 bits per heavy atom. The van der Waals surface area contributed by atoms with Crippen molar-refractivity contribution in [1.82, 2.24) is 4.90 Å². The maximum absolute atomic E-state index is 6.35. The van der Waals surface area contributed by atoms with Crippen LogP contribution in [-0.4, -0.2) is 42.8 Å². The van der Waals surface area contributed by atoms with Gasteiger partial charge in [0.1, 0.15) is 0 Å². The van der Waals surface area contributed by atoms with Gasteiger partial charge in [-0.2, -0.15) is 0 Å². The van der Waals surface area contributed by atoms with Crippen LogP contribution in [0.3, 0.4) is 0 Å². The van der Waals surface area contributed by atoms with Crippen molar-refractivity contribution in [2.45, 2.75) is 44.4 Å². The van der Waals surface area contributed by atoms with Crippen molar-refractivity contribution in [2.24, 2.45) is 5.73 Å². The van der Waals surface area contributed by atoms with Gasteiger partial charge in [-0.1, -0.05) is 29.8 Å². The Morgan fingerprint density at radius 1 is 1.37 bits per heavy atom. The highest BCUT2D eigenvalue weighted by molar-refractivity contribution is 5.22. The van der Waals surface area contributed by atoms with Gasteiger partial charge in [0.2, 0.25) is 0 Å². The van der Waals surface area contributed by atoms with Gasteiger partial charge in [-0.3, -0.25) is 4.90 Å². The smallest absolute Gasteiger partial charge is 0.0856 e. The van der Waals surface area contributed by atoms with E-state index in [1.165, 1.54) is 30.5 Å². The Morgan fingerprint density at radius 3 is 2.95 bits per heavy atom. The minimum Gasteiger partial charge on any atom is -0.374 e. The Balaban J connectivity index is 1.58. The summed E-state index contributed by atoms with van der Waals surface area (Å²) in [6.07, 6.45) is 3.70. The van der Waals surface area contributed by atoms with Crippen LogP contribution in [0.25, 0.3) is 0 Å². The van der Waals surface area contributed by atoms with Crippen molar-refractivity contribution in [3.05, 3.63) is 35.4 Å². The summed E-state index contributed by atoms with van der Waals surface area (Å²) in [7, 11) is 0. The van der Waals surface area contributed by atoms with Gasteiger partial charge in [0, 0.05) is 18.6 Å². The highest BCUT2D eigenvalue weighted by atomic mass is 16.5. The van der Waals surface area contributed by atoms with Crippen molar-refractivity contribution in [1.29, 1.82) is 0 Å². The number of nitrogens with zero attached hydrogens (tertiary/aromatic N) is 1. The molecule has 0 amide bonds. The normalized spacial score (nSPS) is 29.2. The number of ether oxygens (including phenoxy) is 1. The van der Waals surface area contributed by atoms with E-state index in [4.69, 9.17) is 10.5 Å². The van der Waals surface area contributed by atoms with Gasteiger partial charge in [0.25, 0.3) is 0 Å². The Kier molecular flexibility index (Phi) is 3.87. The lowest BCUT2D eigenvalue weighted by Gasteiger charge is -2.37. The molecule has 104 valence electrons. The molecule has 3 heteroatoms. The number of aryl methyl sites for hydroxylation is 1. The molecule has 0 radical (unpaired) electrons. The van der Waals surface area contributed by atoms with Gasteiger partial charge in [0.05, 0.1) is 12.7 Å². The van der Waals surface area contributed by atoms with Crippen LogP contribution in [0.4, 0.5) is 0 Å². The fraction of sp³-hybridized carbons (Fsp3) is 0.625. The molecule has 0 bridgehead atoms. The van der Waals surface area contributed by atoms with Crippen molar-refractivity contribution in [3.63, 3.8) is 0 Å². The molecular weight excluding hydrogens is 236 g/mol. The quantitative estimate of drug-likeness (QED) is 0.899. The summed E-state index contributed by atoms with van der Waals surface area (Å²) in [4.78, 5) is 2.56. The fourth-order valence-electron chi connectivity index (χ4n) is 3.23. The Hall–Kier alpha value is -0.900. The number of benzene rings is 1. The first-order valence-electron chi connectivity index (χ1n) is 7.39. The van der Waals surface area contributed by atoms with Gasteiger partial charge in [-0.15, -0.1) is 0 Å². The summed E-state index contributed by atoms with van der Waals surface area (Å²) < 4.78 is 5.98. The molecule has 3 nitrogen and oxygen atoms in total. The van der Waals surface area contributed by atoms with E-state index in [1.807, 2.05) is 0 Å². The van der Waals surface area contributed by atoms with E-state index < -0.39 is 0 Å². The lowest BCUT2D eigenvalue weighted by Crippen LogP contribution is -2.53. The number of hydrogen-bond donors (Lipinski definition) is 1. The van der Waals surface area contributed by atoms with Crippen LogP contribution in [-0.2, 0) is 11.2 Å². The highest BCUT2D eigenvalue weighted by Crippen LogP contribution is 2.24. The summed E-state index contributed by atoms with van der Waals surface area (Å²) in [5.74, 6) is 0. The van der Waals surface area contributed by atoms with Gasteiger partial charge < -0.3 is 10.5 Å². The van der Waals surface area contributed by atoms with Crippen molar-refractivity contribution in [3.8, 4) is 0 Å². The molecule has 2 aliphatic heterocycles. The summed E-state index contributed by atoms with van der Waals surface area (Å²) in [5, 5.41) is 0. The average molecular weight is 260 g/mol. The molecule has 3 unspecified atom stereocenters. The molecular formula is C16H24N2O. The van der Waals surface area contributed by atoms with Gasteiger partial charge in [-0.05, 0) is 38.3 Å². The second kappa shape index (κ2) is 5.61. The van der Waals surface area contributed by atoms with Crippen molar-refractivity contribution < 1.29 is 4.74 Å². The zero-order valence-electron chi connectivity index (χ0n) is 11.7. The monoisotopic (exact) mass is 260 g/mol. The summed E-state index contributed by atoms with van der Waals surface area (Å²) >= 11 is 0. The fourth-order valence-corrected chi connectivity index (χ4v) is 3.23. The molecule has 0 spiro atoms. The molecule has 1 aromatic rings. The van der Waals surface area contributed by atoms with E-state index in [-0.39, 0.29) is 12.1 Å². The molecule has 19 heavy (non-hydrogen) atoms. The van der Waals surface area contributed by atoms with Crippen molar-refractivity contribution in [2.75, 3.05) is 19.7 Å². The predicted molar refractivity (Wildman–Crippen MR) is 77.2 cm³/mol. The minimum atomic E-state index is 0.101. The van der Waals surface area contributed by atoms with Crippen LogP contribution in [0.15, 0.2) is 24.3 Å². The van der Waals surface area contributed by atoms with E-state index in [1.54, 1.807) is 0 Å². The van der Waals surface area contributed by atoms with Crippen LogP contribution >= 0.6 is 0 Å². The second-order valence-corrected chi connectivity index (χ2v) is 6.02. The third kappa shape index (κ3) is 2.99. The lowest BCUT2D eigenvalue weighted by molar-refractivity contribution is -0.0589. The highest BCUT2D eigenvalue weighted by Gasteiger charge is 2.34. The lowest BCUT2D eigenvalue weighted by atomic mass is 9.99. The molecule has 0 saturated carbocycles. The van der Waals surface area contributed by atoms with Crippen molar-refractivity contribution >= 4 is 0 Å². The average Bonchev–Trinajstić information content (AvgIpc) is 2.88. The first kappa shape index (κ1) is 13.1. The molecule has 2 heterocycles. The van der Waals surface area contributed by atoms with Crippen LogP contribution in [0.1, 0.15) is 24.0 Å². The van der Waals surface area contributed by atoms with Crippen LogP contribution in [0, 0.1) is 6.92 Å². The van der Waals surface area contributed by atoms with Crippen LogP contribution in [0.2, 0.25) is 0 Å². The molecule has 3 rings (SSSR count). The first-order chi connectivity index (χ1) is 9.22. The number of fused-ring (bicyclic) bond motifs is 1. The molecule has 2 N–H and O–H groups in total. The Bertz CT molecular complexity index is 417. The van der Waals surface area contributed by atoms with Gasteiger partial charge in [-0.25, -0.2) is 0 Å². The van der Waals surface area contributed by atoms with E-state index in [9.17, 15) is 0 Å². The number of rotatable bonds is 3. The SMILES string of the molecule is Cc1ccc(CC(N)C2CN3CCCC3CO2)cc1. The predicted octanol–water partition coefficient (Wildman–Crippen LogP) is 1.73. The van der Waals surface area contributed by atoms with E-state index in [2.05, 4.69) is 36.1 Å². The summed E-state index contributed by atoms with van der Waals surface area (Å²) in [6, 6.07) is 9.42. The van der Waals surface area contributed by atoms with Gasteiger partial charge in [0.15, 0.2) is 0 Å². The second-order valence-electron chi connectivity index (χ2n) is 6.02. The molecule has 3 atom stereocenters. The molecule has 2 saturated heterocycles.